The van der Waals surface area contributed by atoms with Gasteiger partial charge in [0, 0.05) is 24.7 Å². The monoisotopic (exact) mass is 649 g/mol. The predicted octanol–water partition coefficient (Wildman–Crippen LogP) is 5.73. The van der Waals surface area contributed by atoms with E-state index in [0.29, 0.717) is 28.4 Å². The normalized spacial score (nSPS) is 14.5. The number of rotatable bonds is 16. The molecular formula is C33H45ClFN3O7. The summed E-state index contributed by atoms with van der Waals surface area (Å²) in [7, 11) is 4.50. The molecular weight excluding hydrogens is 605 g/mol. The number of ether oxygens (including phenoxy) is 4. The summed E-state index contributed by atoms with van der Waals surface area (Å²) in [4.78, 5) is 31.0. The van der Waals surface area contributed by atoms with Crippen molar-refractivity contribution < 1.29 is 38.0 Å². The van der Waals surface area contributed by atoms with Gasteiger partial charge in [-0.1, -0.05) is 30.3 Å². The van der Waals surface area contributed by atoms with Crippen molar-refractivity contribution in [2.45, 2.75) is 45.8 Å². The van der Waals surface area contributed by atoms with Gasteiger partial charge in [0.2, 0.25) is 0 Å². The van der Waals surface area contributed by atoms with Crippen LogP contribution in [0.2, 0.25) is 5.02 Å². The number of likely N-dealkylation sites (N-methyl/N-ethyl adjacent to an activating group) is 1. The second kappa shape index (κ2) is 18.7. The molecule has 0 aromatic heterocycles. The lowest BCUT2D eigenvalue weighted by Gasteiger charge is -2.24. The number of allylic oxidation sites excluding steroid dienone is 5. The Labute approximate surface area is 270 Å². The Bertz CT molecular complexity index is 1330. The average Bonchev–Trinajstić information content (AvgIpc) is 2.96. The molecule has 45 heavy (non-hydrogen) atoms. The Balaban J connectivity index is 2.92. The molecule has 0 bridgehead atoms. The molecule has 2 N–H and O–H groups in total. The maximum absolute atomic E-state index is 13.8. The molecule has 12 heteroatoms. The minimum Gasteiger partial charge on any atom is -0.501 e. The van der Waals surface area contributed by atoms with Crippen molar-refractivity contribution in [3.05, 3.63) is 94.9 Å². The predicted molar refractivity (Wildman–Crippen MR) is 175 cm³/mol. The Morgan fingerprint density at radius 3 is 2.44 bits per heavy atom. The van der Waals surface area contributed by atoms with Crippen LogP contribution in [-0.4, -0.2) is 86.4 Å². The molecule has 1 aromatic rings. The van der Waals surface area contributed by atoms with E-state index >= 15 is 0 Å². The van der Waals surface area contributed by atoms with Crippen LogP contribution in [0.4, 0.5) is 9.18 Å². The average molecular weight is 650 g/mol. The van der Waals surface area contributed by atoms with E-state index in [4.69, 9.17) is 30.5 Å². The summed E-state index contributed by atoms with van der Waals surface area (Å²) in [5, 5.41) is 13.6. The molecule has 1 aromatic carbocycles. The third kappa shape index (κ3) is 14.5. The summed E-state index contributed by atoms with van der Waals surface area (Å²) >= 11 is 5.98. The molecule has 0 radical (unpaired) electrons. The van der Waals surface area contributed by atoms with Gasteiger partial charge >= 0.3 is 6.09 Å². The van der Waals surface area contributed by atoms with Crippen LogP contribution in [0, 0.1) is 5.82 Å². The summed E-state index contributed by atoms with van der Waals surface area (Å²) in [6.45, 7) is 12.4. The lowest BCUT2D eigenvalue weighted by molar-refractivity contribution is -0.118. The molecule has 0 saturated heterocycles. The summed E-state index contributed by atoms with van der Waals surface area (Å²) in [5.74, 6) is -0.391. The molecule has 0 aliphatic rings. The third-order valence-electron chi connectivity index (χ3n) is 5.76. The summed E-state index contributed by atoms with van der Waals surface area (Å²) < 4.78 is 35.3. The number of hydrogen-bond acceptors (Lipinski definition) is 8. The van der Waals surface area contributed by atoms with Crippen LogP contribution in [-0.2, 0) is 23.7 Å². The molecule has 10 nitrogen and oxygen atoms in total. The van der Waals surface area contributed by atoms with Crippen molar-refractivity contribution in [3.8, 4) is 0 Å². The van der Waals surface area contributed by atoms with Crippen LogP contribution in [0.1, 0.15) is 40.2 Å². The number of nitrogens with zero attached hydrogens (tertiary/aromatic N) is 2. The highest BCUT2D eigenvalue weighted by molar-refractivity contribution is 6.31. The molecule has 1 unspecified atom stereocenters. The summed E-state index contributed by atoms with van der Waals surface area (Å²) in [6.07, 6.45) is 8.65. The Morgan fingerprint density at radius 2 is 1.89 bits per heavy atom. The Kier molecular flexibility index (Phi) is 16.1. The Morgan fingerprint density at radius 1 is 1.20 bits per heavy atom. The highest BCUT2D eigenvalue weighted by Gasteiger charge is 2.23. The Hall–Kier alpha value is -4.09. The van der Waals surface area contributed by atoms with Gasteiger partial charge < -0.3 is 34.3 Å². The van der Waals surface area contributed by atoms with Gasteiger partial charge in [0.05, 0.1) is 37.9 Å². The fourth-order valence-electron chi connectivity index (χ4n) is 3.43. The van der Waals surface area contributed by atoms with Gasteiger partial charge in [0.25, 0.3) is 5.91 Å². The molecule has 0 spiro atoms. The van der Waals surface area contributed by atoms with Crippen LogP contribution in [0.3, 0.4) is 0 Å². The zero-order chi connectivity index (χ0) is 34.2. The maximum Gasteiger partial charge on any atom is 0.410 e. The van der Waals surface area contributed by atoms with E-state index in [9.17, 15) is 19.1 Å². The van der Waals surface area contributed by atoms with Gasteiger partial charge in [0.15, 0.2) is 5.76 Å². The summed E-state index contributed by atoms with van der Waals surface area (Å²) in [5.41, 5.74) is -1.000. The maximum atomic E-state index is 13.8. The molecule has 1 atom stereocenters. The molecule has 0 saturated carbocycles. The lowest BCUT2D eigenvalue weighted by Crippen LogP contribution is -2.43. The largest absolute Gasteiger partial charge is 0.501 e. The second-order valence-electron chi connectivity index (χ2n) is 11.0. The number of nitrogens with one attached hydrogen (secondary N) is 1. The van der Waals surface area contributed by atoms with Crippen LogP contribution in [0.15, 0.2) is 83.5 Å². The van der Waals surface area contributed by atoms with E-state index in [1.807, 2.05) is 0 Å². The second-order valence-corrected chi connectivity index (χ2v) is 11.4. The number of methoxy groups -OCH3 is 2. The number of aliphatic hydroxyl groups is 1. The lowest BCUT2D eigenvalue weighted by atomic mass is 10.0. The number of carbonyl (C=O) groups excluding carboxylic acids is 2. The minimum absolute atomic E-state index is 0.0951. The first-order valence-electron chi connectivity index (χ1n) is 14.1. The van der Waals surface area contributed by atoms with Crippen LogP contribution < -0.4 is 5.32 Å². The van der Waals surface area contributed by atoms with Crippen molar-refractivity contribution in [2.75, 3.05) is 47.5 Å². The van der Waals surface area contributed by atoms with E-state index in [-0.39, 0.29) is 31.3 Å². The molecule has 1 rings (SSSR count). The number of halogens is 2. The van der Waals surface area contributed by atoms with E-state index in [1.165, 1.54) is 62.7 Å². The number of hydrogen-bond donors (Lipinski definition) is 2. The molecule has 0 heterocycles. The van der Waals surface area contributed by atoms with E-state index < -0.39 is 29.0 Å². The first-order valence-corrected chi connectivity index (χ1v) is 14.5. The molecule has 0 aliphatic carbocycles. The quantitative estimate of drug-likeness (QED) is 0.102. The van der Waals surface area contributed by atoms with E-state index in [1.54, 1.807) is 53.0 Å². The van der Waals surface area contributed by atoms with Crippen molar-refractivity contribution in [1.82, 2.24) is 10.2 Å². The van der Waals surface area contributed by atoms with Gasteiger partial charge in [-0.25, -0.2) is 9.18 Å². The van der Waals surface area contributed by atoms with Crippen molar-refractivity contribution in [3.63, 3.8) is 0 Å². The van der Waals surface area contributed by atoms with E-state index in [2.05, 4.69) is 16.9 Å². The van der Waals surface area contributed by atoms with Gasteiger partial charge in [-0.2, -0.15) is 0 Å². The number of amides is 2. The first-order chi connectivity index (χ1) is 21.1. The van der Waals surface area contributed by atoms with Crippen LogP contribution >= 0.6 is 11.6 Å². The smallest absolute Gasteiger partial charge is 0.410 e. The topological polar surface area (TPSA) is 119 Å². The molecule has 248 valence electrons. The van der Waals surface area contributed by atoms with Crippen molar-refractivity contribution in [2.24, 2.45) is 4.99 Å². The fraction of sp³-hybridized carbons (Fsp3) is 0.424. The van der Waals surface area contributed by atoms with Gasteiger partial charge in [-0.15, -0.1) is 0 Å². The van der Waals surface area contributed by atoms with Crippen molar-refractivity contribution >= 4 is 29.3 Å². The SMILES string of the molecule is C=CC=C(OC)C(=NCC(C)(O)CNC(=O)C(C=CC(=COC)OCCN(C)C(=O)OC(C)(C)C)=CC)c1ccc(F)c(Cl)c1. The number of benzene rings is 1. The standard InChI is InChI=1S/C33H45ClFN3O7/c1-10-12-28(43-9)29(24-14-16-27(35)26(34)19-24)36-21-33(6,41)22-37-30(39)23(11-2)13-15-25(20-42-8)44-18-17-38(7)31(40)45-32(3,4)5/h10-16,19-20,41H,1,17-18,21-22H2,2-9H3,(H,37,39). The number of aliphatic imine (C=N–C) groups is 1. The molecule has 0 aliphatic heterocycles. The van der Waals surface area contributed by atoms with Gasteiger partial charge in [-0.3, -0.25) is 9.79 Å². The first kappa shape index (κ1) is 38.9. The van der Waals surface area contributed by atoms with Crippen LogP contribution in [0.5, 0.6) is 0 Å². The third-order valence-corrected chi connectivity index (χ3v) is 6.05. The van der Waals surface area contributed by atoms with Gasteiger partial charge in [0.1, 0.15) is 35.8 Å². The zero-order valence-electron chi connectivity index (χ0n) is 27.3. The van der Waals surface area contributed by atoms with Gasteiger partial charge in [-0.05, 0) is 71.0 Å². The van der Waals surface area contributed by atoms with E-state index in [0.717, 1.165) is 0 Å². The highest BCUT2D eigenvalue weighted by Crippen LogP contribution is 2.20. The highest BCUT2D eigenvalue weighted by atomic mass is 35.5. The van der Waals surface area contributed by atoms with Crippen molar-refractivity contribution in [1.29, 1.82) is 0 Å². The zero-order valence-corrected chi connectivity index (χ0v) is 28.0. The fourth-order valence-corrected chi connectivity index (χ4v) is 3.61. The number of carbonyl (C=O) groups is 2. The molecule has 0 fully saturated rings. The summed E-state index contributed by atoms with van der Waals surface area (Å²) in [6, 6.07) is 4.11. The van der Waals surface area contributed by atoms with Crippen LogP contribution in [0.25, 0.3) is 0 Å². The molecule has 2 amide bonds. The minimum atomic E-state index is -1.47.